The third kappa shape index (κ3) is 6.11. The van der Waals surface area contributed by atoms with Gasteiger partial charge in [-0.25, -0.2) is 0 Å². The average Bonchev–Trinajstić information content (AvgIpc) is 2.22. The third-order valence-corrected chi connectivity index (χ3v) is 4.14. The van der Waals surface area contributed by atoms with Gasteiger partial charge in [0.25, 0.3) is 0 Å². The molecule has 1 fully saturated rings. The molecule has 0 aliphatic carbocycles. The zero-order chi connectivity index (χ0) is 15.6. The lowest BCUT2D eigenvalue weighted by Gasteiger charge is -2.45. The van der Waals surface area contributed by atoms with Crippen LogP contribution in [-0.2, 0) is 4.74 Å². The van der Waals surface area contributed by atoms with E-state index in [1.54, 1.807) is 0 Å². The second-order valence-corrected chi connectivity index (χ2v) is 8.63. The van der Waals surface area contributed by atoms with Gasteiger partial charge in [-0.1, -0.05) is 13.8 Å². The monoisotopic (exact) mass is 284 g/mol. The van der Waals surface area contributed by atoms with E-state index in [1.807, 2.05) is 0 Å². The van der Waals surface area contributed by atoms with Crippen LogP contribution in [0.1, 0.15) is 61.8 Å². The molecule has 0 aromatic rings. The summed E-state index contributed by atoms with van der Waals surface area (Å²) in [5.74, 6) is 0. The van der Waals surface area contributed by atoms with Crippen LogP contribution >= 0.6 is 0 Å². The summed E-state index contributed by atoms with van der Waals surface area (Å²) in [6.07, 6.45) is 1.53. The van der Waals surface area contributed by atoms with Crippen molar-refractivity contribution in [3.8, 4) is 0 Å². The molecule has 120 valence electrons. The molecule has 1 aliphatic rings. The normalized spacial score (nSPS) is 27.3. The maximum Gasteiger partial charge on any atom is 0.0757 e. The summed E-state index contributed by atoms with van der Waals surface area (Å²) in [6, 6.07) is 0. The first kappa shape index (κ1) is 17.9. The number of hydrogen-bond donors (Lipinski definition) is 1. The molecule has 0 bridgehead atoms. The van der Waals surface area contributed by atoms with Crippen molar-refractivity contribution in [1.29, 1.82) is 0 Å². The molecule has 3 nitrogen and oxygen atoms in total. The summed E-state index contributed by atoms with van der Waals surface area (Å²) < 4.78 is 6.01. The Morgan fingerprint density at radius 2 is 1.85 bits per heavy atom. The van der Waals surface area contributed by atoms with Crippen LogP contribution < -0.4 is 5.32 Å². The van der Waals surface area contributed by atoms with Crippen molar-refractivity contribution in [2.75, 3.05) is 26.2 Å². The number of nitrogens with zero attached hydrogens (tertiary/aromatic N) is 1. The summed E-state index contributed by atoms with van der Waals surface area (Å²) >= 11 is 0. The molecule has 0 amide bonds. The number of ether oxygens (including phenoxy) is 1. The second-order valence-electron chi connectivity index (χ2n) is 8.63. The van der Waals surface area contributed by atoms with Crippen molar-refractivity contribution in [2.45, 2.75) is 79.1 Å². The molecule has 0 aromatic carbocycles. The Kier molecular flexibility index (Phi) is 5.67. The minimum Gasteiger partial charge on any atom is -0.370 e. The maximum atomic E-state index is 6.01. The maximum absolute atomic E-state index is 6.01. The van der Waals surface area contributed by atoms with E-state index in [2.05, 4.69) is 65.6 Å². The molecule has 0 saturated carbocycles. The molecule has 0 radical (unpaired) electrons. The number of rotatable bonds is 5. The fraction of sp³-hybridized carbons (Fsp3) is 1.00. The lowest BCUT2D eigenvalue weighted by molar-refractivity contribution is -0.134. The lowest BCUT2D eigenvalue weighted by atomic mass is 9.85. The van der Waals surface area contributed by atoms with E-state index >= 15 is 0 Å². The molecular weight excluding hydrogens is 248 g/mol. The Balaban J connectivity index is 2.62. The minimum absolute atomic E-state index is 0.0240. The van der Waals surface area contributed by atoms with E-state index in [4.69, 9.17) is 4.74 Å². The Morgan fingerprint density at radius 3 is 2.30 bits per heavy atom. The summed E-state index contributed by atoms with van der Waals surface area (Å²) in [5.41, 5.74) is 0.484. The van der Waals surface area contributed by atoms with Crippen molar-refractivity contribution in [3.05, 3.63) is 0 Å². The van der Waals surface area contributed by atoms with Crippen molar-refractivity contribution < 1.29 is 4.74 Å². The Labute approximate surface area is 126 Å². The first-order chi connectivity index (χ1) is 8.95. The van der Waals surface area contributed by atoms with E-state index in [1.165, 1.54) is 6.42 Å². The molecule has 0 aromatic heterocycles. The van der Waals surface area contributed by atoms with Gasteiger partial charge in [-0.05, 0) is 53.4 Å². The number of hydrogen-bond acceptors (Lipinski definition) is 3. The van der Waals surface area contributed by atoms with Gasteiger partial charge in [0.05, 0.1) is 11.7 Å². The Bertz CT molecular complexity index is 309. The first-order valence-corrected chi connectivity index (χ1v) is 8.10. The van der Waals surface area contributed by atoms with Crippen LogP contribution in [0.3, 0.4) is 0 Å². The van der Waals surface area contributed by atoms with Crippen LogP contribution in [0.2, 0.25) is 0 Å². The summed E-state index contributed by atoms with van der Waals surface area (Å²) in [7, 11) is 0. The zero-order valence-corrected chi connectivity index (χ0v) is 15.0. The first-order valence-electron chi connectivity index (χ1n) is 8.10. The van der Waals surface area contributed by atoms with E-state index < -0.39 is 0 Å². The number of morpholine rings is 1. The molecule has 1 rings (SSSR count). The van der Waals surface area contributed by atoms with Gasteiger partial charge >= 0.3 is 0 Å². The largest absolute Gasteiger partial charge is 0.370 e. The SMILES string of the molecule is CCC(C)(CNC(C)(C)C)CN1CC(C)OC(C)(C)C1. The summed E-state index contributed by atoms with van der Waals surface area (Å²) in [4.78, 5) is 2.59. The van der Waals surface area contributed by atoms with Crippen LogP contribution in [0.15, 0.2) is 0 Å². The standard InChI is InChI=1S/C17H36N2O/c1-9-17(8,11-18-15(3,4)5)13-19-10-14(2)20-16(6,7)12-19/h14,18H,9-13H2,1-8H3. The highest BCUT2D eigenvalue weighted by Crippen LogP contribution is 2.27. The average molecular weight is 284 g/mol. The van der Waals surface area contributed by atoms with Gasteiger partial charge in [0, 0.05) is 31.7 Å². The van der Waals surface area contributed by atoms with E-state index in [-0.39, 0.29) is 11.1 Å². The molecule has 1 N–H and O–H groups in total. The quantitative estimate of drug-likeness (QED) is 0.838. The van der Waals surface area contributed by atoms with Crippen molar-refractivity contribution in [2.24, 2.45) is 5.41 Å². The predicted molar refractivity (Wildman–Crippen MR) is 87.2 cm³/mol. The molecule has 0 spiro atoms. The molecule has 1 aliphatic heterocycles. The van der Waals surface area contributed by atoms with Crippen LogP contribution in [0.25, 0.3) is 0 Å². The van der Waals surface area contributed by atoms with Gasteiger partial charge in [-0.3, -0.25) is 4.90 Å². The highest BCUT2D eigenvalue weighted by atomic mass is 16.5. The van der Waals surface area contributed by atoms with Gasteiger partial charge in [-0.2, -0.15) is 0 Å². The lowest BCUT2D eigenvalue weighted by Crippen LogP contribution is -2.55. The van der Waals surface area contributed by atoms with Gasteiger partial charge in [0.2, 0.25) is 0 Å². The van der Waals surface area contributed by atoms with Gasteiger partial charge in [0.1, 0.15) is 0 Å². The van der Waals surface area contributed by atoms with Crippen molar-refractivity contribution in [3.63, 3.8) is 0 Å². The van der Waals surface area contributed by atoms with Gasteiger partial charge in [0.15, 0.2) is 0 Å². The van der Waals surface area contributed by atoms with Crippen LogP contribution in [0.5, 0.6) is 0 Å². The molecule has 2 atom stereocenters. The molecule has 1 saturated heterocycles. The van der Waals surface area contributed by atoms with Crippen molar-refractivity contribution >= 4 is 0 Å². The van der Waals surface area contributed by atoms with E-state index in [9.17, 15) is 0 Å². The molecular formula is C17H36N2O. The summed E-state index contributed by atoms with van der Waals surface area (Å²) in [6.45, 7) is 22.3. The smallest absolute Gasteiger partial charge is 0.0757 e. The van der Waals surface area contributed by atoms with Crippen molar-refractivity contribution in [1.82, 2.24) is 10.2 Å². The van der Waals surface area contributed by atoms with Crippen LogP contribution in [-0.4, -0.2) is 48.3 Å². The van der Waals surface area contributed by atoms with Crippen LogP contribution in [0.4, 0.5) is 0 Å². The number of nitrogens with one attached hydrogen (secondary N) is 1. The van der Waals surface area contributed by atoms with Crippen LogP contribution in [0, 0.1) is 5.41 Å². The molecule has 3 heteroatoms. The topological polar surface area (TPSA) is 24.5 Å². The Morgan fingerprint density at radius 1 is 1.25 bits per heavy atom. The Hall–Kier alpha value is -0.120. The third-order valence-electron chi connectivity index (χ3n) is 4.14. The van der Waals surface area contributed by atoms with Gasteiger partial charge < -0.3 is 10.1 Å². The highest BCUT2D eigenvalue weighted by Gasteiger charge is 2.35. The predicted octanol–water partition coefficient (Wildman–Crippen LogP) is 3.29. The summed E-state index contributed by atoms with van der Waals surface area (Å²) in [5, 5.41) is 3.68. The second kappa shape index (κ2) is 6.33. The molecule has 20 heavy (non-hydrogen) atoms. The molecule has 1 heterocycles. The fourth-order valence-electron chi connectivity index (χ4n) is 3.02. The van der Waals surface area contributed by atoms with E-state index in [0.717, 1.165) is 26.2 Å². The minimum atomic E-state index is -0.0240. The van der Waals surface area contributed by atoms with Gasteiger partial charge in [-0.15, -0.1) is 0 Å². The zero-order valence-electron chi connectivity index (χ0n) is 15.0. The van der Waals surface area contributed by atoms with E-state index in [0.29, 0.717) is 11.5 Å². The fourth-order valence-corrected chi connectivity index (χ4v) is 3.02. The molecule has 2 unspecified atom stereocenters. The highest BCUT2D eigenvalue weighted by molar-refractivity contribution is 4.88.